The largest absolute Gasteiger partial charge is 0.462 e. The highest BCUT2D eigenvalue weighted by atomic mass is 16.5. The summed E-state index contributed by atoms with van der Waals surface area (Å²) in [5.74, 6) is -3.21. The van der Waals surface area contributed by atoms with Crippen LogP contribution >= 0.6 is 0 Å². The van der Waals surface area contributed by atoms with E-state index in [1.807, 2.05) is 20.8 Å². The highest BCUT2D eigenvalue weighted by Gasteiger charge is 2.36. The molecule has 0 unspecified atom stereocenters. The second-order valence-electron chi connectivity index (χ2n) is 8.94. The molecule has 2 N–H and O–H groups in total. The number of hydrogen-bond acceptors (Lipinski definition) is 7. The Labute approximate surface area is 208 Å². The zero-order valence-electron chi connectivity index (χ0n) is 20.4. The van der Waals surface area contributed by atoms with E-state index >= 15 is 0 Å². The lowest BCUT2D eigenvalue weighted by Gasteiger charge is -2.17. The van der Waals surface area contributed by atoms with Crippen LogP contribution in [0.5, 0.6) is 0 Å². The van der Waals surface area contributed by atoms with E-state index in [2.05, 4.69) is 10.7 Å². The van der Waals surface area contributed by atoms with Crippen molar-refractivity contribution in [1.29, 1.82) is 0 Å². The minimum absolute atomic E-state index is 0.0503. The summed E-state index contributed by atoms with van der Waals surface area (Å²) in [7, 11) is 0. The van der Waals surface area contributed by atoms with Crippen molar-refractivity contribution < 1.29 is 33.4 Å². The fourth-order valence-electron chi connectivity index (χ4n) is 3.33. The van der Waals surface area contributed by atoms with E-state index in [9.17, 15) is 24.0 Å². The van der Waals surface area contributed by atoms with E-state index in [1.165, 1.54) is 24.3 Å². The molecule has 36 heavy (non-hydrogen) atoms. The van der Waals surface area contributed by atoms with Crippen LogP contribution in [0, 0.1) is 18.8 Å². The number of aryl methyl sites for hydroxylation is 1. The molecular formula is C26H29N3O7. The first-order valence-corrected chi connectivity index (χ1v) is 11.5. The first-order chi connectivity index (χ1) is 17.1. The van der Waals surface area contributed by atoms with Crippen LogP contribution in [0.25, 0.3) is 0 Å². The van der Waals surface area contributed by atoms with Crippen molar-refractivity contribution >= 4 is 35.3 Å². The van der Waals surface area contributed by atoms with Crippen molar-refractivity contribution in [2.24, 2.45) is 11.8 Å². The van der Waals surface area contributed by atoms with E-state index in [4.69, 9.17) is 9.47 Å². The van der Waals surface area contributed by atoms with E-state index in [0.717, 1.165) is 10.6 Å². The van der Waals surface area contributed by atoms with E-state index in [0.29, 0.717) is 23.4 Å². The van der Waals surface area contributed by atoms with Crippen LogP contribution in [0.2, 0.25) is 0 Å². The van der Waals surface area contributed by atoms with Gasteiger partial charge in [0.2, 0.25) is 5.91 Å². The Balaban J connectivity index is 1.43. The quantitative estimate of drug-likeness (QED) is 0.511. The average molecular weight is 496 g/mol. The molecule has 1 aliphatic rings. The standard InChI is InChI=1S/C26H29N3O7/c1-16(2)14-35-25(33)19-8-10-21(11-9-19)27-22(30)15-36-26(34)20-12-23(31)29(13-20)28-24(32)18-6-4-17(3)5-7-18/h4-11,16,20H,12-15H2,1-3H3,(H,27,30)(H,28,32)/t20-/m1/s1. The Morgan fingerprint density at radius 3 is 2.25 bits per heavy atom. The van der Waals surface area contributed by atoms with Gasteiger partial charge in [0.25, 0.3) is 11.8 Å². The highest BCUT2D eigenvalue weighted by Crippen LogP contribution is 2.18. The van der Waals surface area contributed by atoms with Crippen LogP contribution in [0.4, 0.5) is 5.69 Å². The summed E-state index contributed by atoms with van der Waals surface area (Å²) in [6, 6.07) is 13.0. The summed E-state index contributed by atoms with van der Waals surface area (Å²) in [6.07, 6.45) is -0.136. The Hall–Kier alpha value is -4.21. The molecule has 1 fully saturated rings. The van der Waals surface area contributed by atoms with Gasteiger partial charge in [-0.2, -0.15) is 0 Å². The summed E-state index contributed by atoms with van der Waals surface area (Å²) in [5.41, 5.74) is 4.64. The van der Waals surface area contributed by atoms with Gasteiger partial charge in [-0.15, -0.1) is 0 Å². The molecule has 0 bridgehead atoms. The number of benzene rings is 2. The van der Waals surface area contributed by atoms with Crippen molar-refractivity contribution in [2.75, 3.05) is 25.1 Å². The molecule has 1 atom stereocenters. The van der Waals surface area contributed by atoms with Crippen LogP contribution in [-0.2, 0) is 23.9 Å². The molecular weight excluding hydrogens is 466 g/mol. The van der Waals surface area contributed by atoms with E-state index in [-0.39, 0.29) is 18.9 Å². The van der Waals surface area contributed by atoms with Gasteiger partial charge in [0.05, 0.1) is 24.6 Å². The lowest BCUT2D eigenvalue weighted by Crippen LogP contribution is -2.43. The van der Waals surface area contributed by atoms with Gasteiger partial charge in [0, 0.05) is 17.7 Å². The SMILES string of the molecule is Cc1ccc(C(=O)NN2C[C@H](C(=O)OCC(=O)Nc3ccc(C(=O)OCC(C)C)cc3)CC2=O)cc1. The van der Waals surface area contributed by atoms with Crippen LogP contribution < -0.4 is 10.7 Å². The monoisotopic (exact) mass is 495 g/mol. The van der Waals surface area contributed by atoms with Crippen molar-refractivity contribution in [3.8, 4) is 0 Å². The van der Waals surface area contributed by atoms with Crippen LogP contribution in [0.15, 0.2) is 48.5 Å². The van der Waals surface area contributed by atoms with Gasteiger partial charge in [0.1, 0.15) is 0 Å². The molecule has 10 nitrogen and oxygen atoms in total. The number of hydrogen-bond donors (Lipinski definition) is 2. The molecule has 2 aromatic rings. The van der Waals surface area contributed by atoms with Gasteiger partial charge in [-0.3, -0.25) is 29.6 Å². The van der Waals surface area contributed by atoms with Gasteiger partial charge >= 0.3 is 11.9 Å². The van der Waals surface area contributed by atoms with Crippen LogP contribution in [-0.4, -0.2) is 54.4 Å². The predicted octanol–water partition coefficient (Wildman–Crippen LogP) is 2.48. The molecule has 0 spiro atoms. The molecule has 1 aliphatic heterocycles. The fourth-order valence-corrected chi connectivity index (χ4v) is 3.33. The lowest BCUT2D eigenvalue weighted by atomic mass is 10.1. The van der Waals surface area contributed by atoms with Gasteiger partial charge in [0.15, 0.2) is 6.61 Å². The first kappa shape index (κ1) is 26.4. The summed E-state index contributed by atoms with van der Waals surface area (Å²) in [5, 5.41) is 3.65. The Morgan fingerprint density at radius 2 is 1.61 bits per heavy atom. The maximum absolute atomic E-state index is 12.4. The van der Waals surface area contributed by atoms with Crippen molar-refractivity contribution in [2.45, 2.75) is 27.2 Å². The molecule has 0 saturated carbocycles. The Kier molecular flexibility index (Phi) is 8.77. The summed E-state index contributed by atoms with van der Waals surface area (Å²) < 4.78 is 10.2. The number of esters is 2. The molecule has 3 amide bonds. The summed E-state index contributed by atoms with van der Waals surface area (Å²) in [4.78, 5) is 61.1. The van der Waals surface area contributed by atoms with Gasteiger partial charge < -0.3 is 14.8 Å². The maximum atomic E-state index is 12.4. The second-order valence-corrected chi connectivity index (χ2v) is 8.94. The predicted molar refractivity (Wildman–Crippen MR) is 130 cm³/mol. The number of carbonyl (C=O) groups excluding carboxylic acids is 5. The molecule has 2 aromatic carbocycles. The number of nitrogens with one attached hydrogen (secondary N) is 2. The number of rotatable bonds is 9. The molecule has 0 aromatic heterocycles. The molecule has 0 aliphatic carbocycles. The lowest BCUT2D eigenvalue weighted by molar-refractivity contribution is -0.151. The number of hydrazine groups is 1. The normalized spacial score (nSPS) is 14.9. The molecule has 0 radical (unpaired) electrons. The topological polar surface area (TPSA) is 131 Å². The third-order valence-corrected chi connectivity index (χ3v) is 5.31. The minimum atomic E-state index is -0.806. The van der Waals surface area contributed by atoms with Crippen LogP contribution in [0.1, 0.15) is 46.5 Å². The second kappa shape index (κ2) is 12.0. The number of carbonyl (C=O) groups is 5. The Morgan fingerprint density at radius 1 is 0.972 bits per heavy atom. The zero-order valence-corrected chi connectivity index (χ0v) is 20.4. The minimum Gasteiger partial charge on any atom is -0.462 e. The van der Waals surface area contributed by atoms with Crippen molar-refractivity contribution in [3.63, 3.8) is 0 Å². The highest BCUT2D eigenvalue weighted by molar-refractivity contribution is 5.97. The van der Waals surface area contributed by atoms with Gasteiger partial charge in [-0.1, -0.05) is 31.5 Å². The number of nitrogens with zero attached hydrogens (tertiary/aromatic N) is 1. The van der Waals surface area contributed by atoms with Crippen molar-refractivity contribution in [1.82, 2.24) is 10.4 Å². The molecule has 3 rings (SSSR count). The molecule has 190 valence electrons. The molecule has 1 heterocycles. The van der Waals surface area contributed by atoms with Crippen LogP contribution in [0.3, 0.4) is 0 Å². The molecule has 1 saturated heterocycles. The number of ether oxygens (including phenoxy) is 2. The average Bonchev–Trinajstić information content (AvgIpc) is 3.21. The smallest absolute Gasteiger partial charge is 0.338 e. The zero-order chi connectivity index (χ0) is 26.2. The third kappa shape index (κ3) is 7.39. The number of amides is 3. The van der Waals surface area contributed by atoms with Gasteiger partial charge in [-0.05, 0) is 49.2 Å². The first-order valence-electron chi connectivity index (χ1n) is 11.5. The Bertz CT molecular complexity index is 1130. The van der Waals surface area contributed by atoms with E-state index in [1.54, 1.807) is 24.3 Å². The van der Waals surface area contributed by atoms with E-state index < -0.39 is 42.2 Å². The molecule has 10 heteroatoms. The van der Waals surface area contributed by atoms with Crippen molar-refractivity contribution in [3.05, 3.63) is 65.2 Å². The number of anilines is 1. The maximum Gasteiger partial charge on any atom is 0.338 e. The summed E-state index contributed by atoms with van der Waals surface area (Å²) in [6.45, 7) is 5.48. The third-order valence-electron chi connectivity index (χ3n) is 5.31. The summed E-state index contributed by atoms with van der Waals surface area (Å²) >= 11 is 0. The fraction of sp³-hybridized carbons (Fsp3) is 0.346. The van der Waals surface area contributed by atoms with Gasteiger partial charge in [-0.25, -0.2) is 4.79 Å².